The first-order valence-electron chi connectivity index (χ1n) is 6.16. The van der Waals surface area contributed by atoms with Crippen molar-refractivity contribution in [2.24, 2.45) is 23.7 Å². The summed E-state index contributed by atoms with van der Waals surface area (Å²) in [5, 5.41) is 0. The first-order chi connectivity index (χ1) is 7.09. The van der Waals surface area contributed by atoms with Crippen molar-refractivity contribution in [1.82, 2.24) is 0 Å². The Kier molecular flexibility index (Phi) is 2.94. The molecular formula is C13H20O2. The molecule has 2 unspecified atom stereocenters. The monoisotopic (exact) mass is 208 g/mol. The van der Waals surface area contributed by atoms with Gasteiger partial charge in [-0.25, -0.2) is 0 Å². The first kappa shape index (κ1) is 10.8. The Labute approximate surface area is 91.4 Å². The lowest BCUT2D eigenvalue weighted by Gasteiger charge is -2.29. The maximum atomic E-state index is 11.9. The van der Waals surface area contributed by atoms with Crippen molar-refractivity contribution in [3.63, 3.8) is 0 Å². The molecule has 2 saturated carbocycles. The zero-order valence-corrected chi connectivity index (χ0v) is 9.66. The molecule has 0 saturated heterocycles. The smallest absolute Gasteiger partial charge is 0.146 e. The molecule has 0 aromatic rings. The van der Waals surface area contributed by atoms with Crippen LogP contribution in [0.5, 0.6) is 0 Å². The Hall–Kier alpha value is -0.660. The van der Waals surface area contributed by atoms with Crippen LogP contribution in [0.25, 0.3) is 0 Å². The normalized spacial score (nSPS) is 32.1. The first-order valence-corrected chi connectivity index (χ1v) is 6.16. The Bertz CT molecular complexity index is 276. The fourth-order valence-corrected chi connectivity index (χ4v) is 2.59. The van der Waals surface area contributed by atoms with Gasteiger partial charge in [0.2, 0.25) is 0 Å². The molecule has 2 rings (SSSR count). The van der Waals surface area contributed by atoms with Gasteiger partial charge in [-0.1, -0.05) is 13.8 Å². The van der Waals surface area contributed by atoms with E-state index in [9.17, 15) is 9.59 Å². The highest BCUT2D eigenvalue weighted by Crippen LogP contribution is 2.38. The highest BCUT2D eigenvalue weighted by atomic mass is 16.2. The summed E-state index contributed by atoms with van der Waals surface area (Å²) in [5.41, 5.74) is 0. The molecule has 0 bridgehead atoms. The molecule has 84 valence electrons. The quantitative estimate of drug-likeness (QED) is 0.668. The average Bonchev–Trinajstić information content (AvgIpc) is 3.00. The van der Waals surface area contributed by atoms with Gasteiger partial charge in [0, 0.05) is 12.3 Å². The fraction of sp³-hybridized carbons (Fsp3) is 0.846. The number of Topliss-reactive ketones (excluding diaryl/α,β-unsaturated/α-hetero) is 2. The molecule has 0 radical (unpaired) electrons. The van der Waals surface area contributed by atoms with E-state index in [4.69, 9.17) is 0 Å². The number of rotatable bonds is 3. The Morgan fingerprint density at radius 1 is 1.27 bits per heavy atom. The molecule has 2 heteroatoms. The van der Waals surface area contributed by atoms with E-state index < -0.39 is 0 Å². The minimum Gasteiger partial charge on any atom is -0.299 e. The van der Waals surface area contributed by atoms with E-state index in [1.807, 2.05) is 0 Å². The number of ketones is 2. The van der Waals surface area contributed by atoms with Gasteiger partial charge in [-0.2, -0.15) is 0 Å². The Balaban J connectivity index is 2.01. The van der Waals surface area contributed by atoms with Crippen molar-refractivity contribution in [3.8, 4) is 0 Å². The van der Waals surface area contributed by atoms with E-state index in [0.717, 1.165) is 25.7 Å². The molecule has 0 spiro atoms. The van der Waals surface area contributed by atoms with Gasteiger partial charge in [0.1, 0.15) is 11.6 Å². The topological polar surface area (TPSA) is 34.1 Å². The average molecular weight is 208 g/mol. The maximum absolute atomic E-state index is 11.9. The minimum absolute atomic E-state index is 0.212. The summed E-state index contributed by atoms with van der Waals surface area (Å²) in [6.07, 6.45) is 4.49. The number of carbonyl (C=O) groups excluding carboxylic acids is 2. The van der Waals surface area contributed by atoms with Crippen molar-refractivity contribution in [3.05, 3.63) is 0 Å². The molecule has 0 aromatic carbocycles. The summed E-state index contributed by atoms with van der Waals surface area (Å²) >= 11 is 0. The Morgan fingerprint density at radius 2 is 1.93 bits per heavy atom. The second kappa shape index (κ2) is 4.07. The van der Waals surface area contributed by atoms with Gasteiger partial charge < -0.3 is 0 Å². The molecule has 0 heterocycles. The molecule has 15 heavy (non-hydrogen) atoms. The molecule has 2 fully saturated rings. The van der Waals surface area contributed by atoms with Gasteiger partial charge in [-0.15, -0.1) is 0 Å². The van der Waals surface area contributed by atoms with Crippen LogP contribution in [0.3, 0.4) is 0 Å². The van der Waals surface area contributed by atoms with E-state index in [1.54, 1.807) is 0 Å². The van der Waals surface area contributed by atoms with E-state index in [1.165, 1.54) is 0 Å². The summed E-state index contributed by atoms with van der Waals surface area (Å²) in [4.78, 5) is 23.6. The van der Waals surface area contributed by atoms with Crippen LogP contribution < -0.4 is 0 Å². The molecule has 0 N–H and O–H groups in total. The zero-order chi connectivity index (χ0) is 11.0. The summed E-state index contributed by atoms with van der Waals surface area (Å²) in [6.45, 7) is 4.39. The van der Waals surface area contributed by atoms with Crippen molar-refractivity contribution < 1.29 is 9.59 Å². The van der Waals surface area contributed by atoms with Gasteiger partial charge in [0.15, 0.2) is 0 Å². The van der Waals surface area contributed by atoms with Crippen LogP contribution in [0.15, 0.2) is 0 Å². The highest BCUT2D eigenvalue weighted by molar-refractivity contribution is 6.04. The van der Waals surface area contributed by atoms with Gasteiger partial charge in [0.05, 0.1) is 5.92 Å². The van der Waals surface area contributed by atoms with Crippen molar-refractivity contribution in [2.75, 3.05) is 0 Å². The number of carbonyl (C=O) groups is 2. The highest BCUT2D eigenvalue weighted by Gasteiger charge is 2.41. The third-order valence-corrected chi connectivity index (χ3v) is 3.95. The SMILES string of the molecule is CC(C)C1CCC(=O)C(C(=O)C2CC2)C1. The largest absolute Gasteiger partial charge is 0.299 e. The third-order valence-electron chi connectivity index (χ3n) is 3.95. The van der Waals surface area contributed by atoms with Crippen LogP contribution in [-0.4, -0.2) is 11.6 Å². The summed E-state index contributed by atoms with van der Waals surface area (Å²) < 4.78 is 0. The second-order valence-electron chi connectivity index (χ2n) is 5.47. The molecular weight excluding hydrogens is 188 g/mol. The molecule has 2 atom stereocenters. The van der Waals surface area contributed by atoms with Gasteiger partial charge in [-0.3, -0.25) is 9.59 Å². The van der Waals surface area contributed by atoms with Crippen LogP contribution in [-0.2, 0) is 9.59 Å². The van der Waals surface area contributed by atoms with E-state index in [0.29, 0.717) is 18.3 Å². The standard InChI is InChI=1S/C13H20O2/c1-8(2)10-5-6-12(14)11(7-10)13(15)9-3-4-9/h8-11H,3-7H2,1-2H3. The summed E-state index contributed by atoms with van der Waals surface area (Å²) in [7, 11) is 0. The van der Waals surface area contributed by atoms with Gasteiger partial charge in [0.25, 0.3) is 0 Å². The summed E-state index contributed by atoms with van der Waals surface area (Å²) in [5.74, 6) is 1.65. The minimum atomic E-state index is -0.237. The molecule has 0 aliphatic heterocycles. The molecule has 0 amide bonds. The molecule has 0 aromatic heterocycles. The predicted molar refractivity (Wildman–Crippen MR) is 58.4 cm³/mol. The Morgan fingerprint density at radius 3 is 2.47 bits per heavy atom. The third kappa shape index (κ3) is 2.30. The lowest BCUT2D eigenvalue weighted by molar-refractivity contribution is -0.136. The predicted octanol–water partition coefficient (Wildman–Crippen LogP) is 2.61. The van der Waals surface area contributed by atoms with Gasteiger partial charge >= 0.3 is 0 Å². The van der Waals surface area contributed by atoms with Crippen molar-refractivity contribution in [2.45, 2.75) is 46.0 Å². The zero-order valence-electron chi connectivity index (χ0n) is 9.66. The fourth-order valence-electron chi connectivity index (χ4n) is 2.59. The molecule has 2 aliphatic rings. The van der Waals surface area contributed by atoms with E-state index in [-0.39, 0.29) is 23.4 Å². The van der Waals surface area contributed by atoms with Crippen LogP contribution in [0, 0.1) is 23.7 Å². The maximum Gasteiger partial charge on any atom is 0.146 e. The van der Waals surface area contributed by atoms with E-state index >= 15 is 0 Å². The summed E-state index contributed by atoms with van der Waals surface area (Å²) in [6, 6.07) is 0. The molecule has 2 aliphatic carbocycles. The van der Waals surface area contributed by atoms with Crippen LogP contribution >= 0.6 is 0 Å². The second-order valence-corrected chi connectivity index (χ2v) is 5.47. The number of hydrogen-bond acceptors (Lipinski definition) is 2. The lowest BCUT2D eigenvalue weighted by Crippen LogP contribution is -2.33. The van der Waals surface area contributed by atoms with Crippen LogP contribution in [0.1, 0.15) is 46.0 Å². The van der Waals surface area contributed by atoms with E-state index in [2.05, 4.69) is 13.8 Å². The van der Waals surface area contributed by atoms with Crippen molar-refractivity contribution >= 4 is 11.6 Å². The van der Waals surface area contributed by atoms with Gasteiger partial charge in [-0.05, 0) is 37.5 Å². The van der Waals surface area contributed by atoms with Crippen molar-refractivity contribution in [1.29, 1.82) is 0 Å². The van der Waals surface area contributed by atoms with Crippen LogP contribution in [0.2, 0.25) is 0 Å². The molecule has 2 nitrogen and oxygen atoms in total. The lowest BCUT2D eigenvalue weighted by atomic mass is 9.73. The number of hydrogen-bond donors (Lipinski definition) is 0. The van der Waals surface area contributed by atoms with Crippen LogP contribution in [0.4, 0.5) is 0 Å².